The fourth-order valence-corrected chi connectivity index (χ4v) is 2.29. The van der Waals surface area contributed by atoms with Gasteiger partial charge in [0.15, 0.2) is 0 Å². The predicted octanol–water partition coefficient (Wildman–Crippen LogP) is 2.90. The van der Waals surface area contributed by atoms with Crippen LogP contribution in [0.2, 0.25) is 0 Å². The molecule has 18 heavy (non-hydrogen) atoms. The van der Waals surface area contributed by atoms with Crippen LogP contribution >= 0.6 is 0 Å². The summed E-state index contributed by atoms with van der Waals surface area (Å²) in [5.74, 6) is 0.525. The molecule has 2 aromatic carbocycles. The Kier molecular flexibility index (Phi) is 2.99. The summed E-state index contributed by atoms with van der Waals surface area (Å²) in [6, 6.07) is 14.7. The Morgan fingerprint density at radius 3 is 2.78 bits per heavy atom. The number of fused-ring (bicyclic) bond motifs is 1. The van der Waals surface area contributed by atoms with E-state index in [9.17, 15) is 4.39 Å². The minimum absolute atomic E-state index is 0.0144. The molecule has 2 aromatic rings. The van der Waals surface area contributed by atoms with Gasteiger partial charge in [-0.2, -0.15) is 0 Å². The summed E-state index contributed by atoms with van der Waals surface area (Å²) in [6.07, 6.45) is 0. The monoisotopic (exact) mass is 243 g/mol. The van der Waals surface area contributed by atoms with Crippen LogP contribution in [0.25, 0.3) is 0 Å². The van der Waals surface area contributed by atoms with Gasteiger partial charge in [0.2, 0.25) is 0 Å². The average molecular weight is 243 g/mol. The van der Waals surface area contributed by atoms with Crippen molar-refractivity contribution in [3.05, 3.63) is 65.5 Å². The van der Waals surface area contributed by atoms with Crippen molar-refractivity contribution >= 4 is 0 Å². The van der Waals surface area contributed by atoms with E-state index in [1.54, 1.807) is 12.1 Å². The van der Waals surface area contributed by atoms with Gasteiger partial charge in [-0.05, 0) is 23.8 Å². The van der Waals surface area contributed by atoms with Crippen LogP contribution in [-0.2, 0) is 0 Å². The zero-order chi connectivity index (χ0) is 12.4. The molecule has 1 aliphatic rings. The van der Waals surface area contributed by atoms with E-state index in [0.29, 0.717) is 6.61 Å². The van der Waals surface area contributed by atoms with Crippen molar-refractivity contribution in [2.75, 3.05) is 13.2 Å². The normalized spacial score (nSPS) is 18.6. The molecular weight excluding hydrogens is 229 g/mol. The molecule has 2 nitrogen and oxygen atoms in total. The van der Waals surface area contributed by atoms with Crippen LogP contribution in [0, 0.1) is 5.82 Å². The molecule has 0 radical (unpaired) electrons. The molecule has 3 rings (SSSR count). The van der Waals surface area contributed by atoms with Crippen molar-refractivity contribution in [1.82, 2.24) is 5.32 Å². The molecule has 0 aliphatic carbocycles. The summed E-state index contributed by atoms with van der Waals surface area (Å²) in [6.45, 7) is 1.35. The number of benzene rings is 2. The van der Waals surface area contributed by atoms with Gasteiger partial charge in [0, 0.05) is 12.1 Å². The zero-order valence-electron chi connectivity index (χ0n) is 9.90. The molecule has 1 unspecified atom stereocenters. The van der Waals surface area contributed by atoms with Crippen molar-refractivity contribution in [2.24, 2.45) is 0 Å². The Balaban J connectivity index is 2.08. The number of nitrogens with one attached hydrogen (secondary N) is 1. The molecule has 3 heteroatoms. The van der Waals surface area contributed by atoms with Gasteiger partial charge in [0.05, 0.1) is 6.04 Å². The first kappa shape index (κ1) is 11.2. The van der Waals surface area contributed by atoms with E-state index in [4.69, 9.17) is 4.74 Å². The van der Waals surface area contributed by atoms with Crippen LogP contribution in [0.5, 0.6) is 5.75 Å². The molecular formula is C15H14FNO. The van der Waals surface area contributed by atoms with Crippen molar-refractivity contribution in [3.63, 3.8) is 0 Å². The number of halogens is 1. The lowest BCUT2D eigenvalue weighted by Gasteiger charge is -2.18. The van der Waals surface area contributed by atoms with Crippen molar-refractivity contribution in [3.8, 4) is 5.75 Å². The van der Waals surface area contributed by atoms with Crippen LogP contribution in [0.15, 0.2) is 48.5 Å². The van der Waals surface area contributed by atoms with Gasteiger partial charge in [-0.15, -0.1) is 0 Å². The maximum absolute atomic E-state index is 13.4. The molecule has 0 saturated carbocycles. The summed E-state index contributed by atoms with van der Waals surface area (Å²) in [4.78, 5) is 0. The highest BCUT2D eigenvalue weighted by molar-refractivity contribution is 5.42. The highest BCUT2D eigenvalue weighted by Gasteiger charge is 2.21. The third-order valence-electron chi connectivity index (χ3n) is 3.12. The summed E-state index contributed by atoms with van der Waals surface area (Å²) < 4.78 is 19.1. The van der Waals surface area contributed by atoms with E-state index in [1.165, 1.54) is 6.07 Å². The molecule has 1 atom stereocenters. The molecule has 1 N–H and O–H groups in total. The highest BCUT2D eigenvalue weighted by Crippen LogP contribution is 2.32. The summed E-state index contributed by atoms with van der Waals surface area (Å²) in [5.41, 5.74) is 1.98. The molecule has 1 aliphatic heterocycles. The fourth-order valence-electron chi connectivity index (χ4n) is 2.29. The molecule has 1 heterocycles. The maximum Gasteiger partial charge on any atom is 0.124 e. The number of hydrogen-bond donors (Lipinski definition) is 1. The molecule has 0 bridgehead atoms. The second-order valence-electron chi connectivity index (χ2n) is 4.33. The third kappa shape index (κ3) is 2.09. The first-order chi connectivity index (χ1) is 8.84. The minimum Gasteiger partial charge on any atom is -0.492 e. The van der Waals surface area contributed by atoms with Gasteiger partial charge < -0.3 is 10.1 Å². The Labute approximate surface area is 105 Å². The highest BCUT2D eigenvalue weighted by atomic mass is 19.1. The van der Waals surface area contributed by atoms with E-state index in [0.717, 1.165) is 23.4 Å². The topological polar surface area (TPSA) is 21.3 Å². The first-order valence-electron chi connectivity index (χ1n) is 6.05. The lowest BCUT2D eigenvalue weighted by atomic mass is 9.98. The van der Waals surface area contributed by atoms with Gasteiger partial charge in [-0.3, -0.25) is 0 Å². The molecule has 0 saturated heterocycles. The van der Waals surface area contributed by atoms with E-state index in [1.807, 2.05) is 30.3 Å². The number of ether oxygens (including phenoxy) is 1. The van der Waals surface area contributed by atoms with Gasteiger partial charge in [-0.1, -0.05) is 30.3 Å². The second-order valence-corrected chi connectivity index (χ2v) is 4.33. The van der Waals surface area contributed by atoms with Gasteiger partial charge >= 0.3 is 0 Å². The largest absolute Gasteiger partial charge is 0.492 e. The molecule has 0 spiro atoms. The summed E-state index contributed by atoms with van der Waals surface area (Å²) in [5, 5.41) is 3.39. The fraction of sp³-hybridized carbons (Fsp3) is 0.200. The van der Waals surface area contributed by atoms with E-state index >= 15 is 0 Å². The van der Waals surface area contributed by atoms with E-state index < -0.39 is 0 Å². The number of hydrogen-bond acceptors (Lipinski definition) is 2. The molecule has 0 amide bonds. The first-order valence-corrected chi connectivity index (χ1v) is 6.05. The standard InChI is InChI=1S/C15H14FNO/c16-12-6-7-14-13(10-12)15(17-8-9-18-14)11-4-2-1-3-5-11/h1-7,10,15,17H,8-9H2. The third-order valence-corrected chi connectivity index (χ3v) is 3.12. The maximum atomic E-state index is 13.4. The lowest BCUT2D eigenvalue weighted by molar-refractivity contribution is 0.324. The second kappa shape index (κ2) is 4.78. The van der Waals surface area contributed by atoms with Crippen molar-refractivity contribution in [1.29, 1.82) is 0 Å². The SMILES string of the molecule is Fc1ccc2c(c1)C(c1ccccc1)NCCO2. The van der Waals surface area contributed by atoms with Crippen LogP contribution in [0.1, 0.15) is 17.2 Å². The minimum atomic E-state index is -0.234. The Hall–Kier alpha value is -1.87. The zero-order valence-corrected chi connectivity index (χ0v) is 9.90. The van der Waals surface area contributed by atoms with Crippen molar-refractivity contribution in [2.45, 2.75) is 6.04 Å². The quantitative estimate of drug-likeness (QED) is 0.831. The molecule has 0 fully saturated rings. The van der Waals surface area contributed by atoms with Crippen LogP contribution in [0.4, 0.5) is 4.39 Å². The number of rotatable bonds is 1. The van der Waals surface area contributed by atoms with Crippen LogP contribution < -0.4 is 10.1 Å². The predicted molar refractivity (Wildman–Crippen MR) is 68.2 cm³/mol. The average Bonchev–Trinajstić information content (AvgIpc) is 2.61. The van der Waals surface area contributed by atoms with Gasteiger partial charge in [0.25, 0.3) is 0 Å². The molecule has 92 valence electrons. The Morgan fingerprint density at radius 1 is 1.11 bits per heavy atom. The van der Waals surface area contributed by atoms with E-state index in [-0.39, 0.29) is 11.9 Å². The van der Waals surface area contributed by atoms with Gasteiger partial charge in [0.1, 0.15) is 18.2 Å². The smallest absolute Gasteiger partial charge is 0.124 e. The van der Waals surface area contributed by atoms with E-state index in [2.05, 4.69) is 5.32 Å². The van der Waals surface area contributed by atoms with Crippen LogP contribution in [0.3, 0.4) is 0 Å². The Morgan fingerprint density at radius 2 is 1.94 bits per heavy atom. The molecule has 0 aromatic heterocycles. The van der Waals surface area contributed by atoms with Crippen molar-refractivity contribution < 1.29 is 9.13 Å². The summed E-state index contributed by atoms with van der Waals surface area (Å²) >= 11 is 0. The Bertz CT molecular complexity index is 541. The lowest BCUT2D eigenvalue weighted by Crippen LogP contribution is -2.23. The van der Waals surface area contributed by atoms with Crippen LogP contribution in [-0.4, -0.2) is 13.2 Å². The van der Waals surface area contributed by atoms with Gasteiger partial charge in [-0.25, -0.2) is 4.39 Å². The summed E-state index contributed by atoms with van der Waals surface area (Å²) in [7, 11) is 0.